The van der Waals surface area contributed by atoms with Crippen LogP contribution in [-0.4, -0.2) is 67.4 Å². The number of halogens is 1. The Morgan fingerprint density at radius 3 is 2.14 bits per heavy atom. The van der Waals surface area contributed by atoms with E-state index in [9.17, 15) is 14.5 Å². The van der Waals surface area contributed by atoms with E-state index in [-0.39, 0.29) is 5.69 Å². The summed E-state index contributed by atoms with van der Waals surface area (Å²) in [5.74, 6) is 1.16. The minimum absolute atomic E-state index is 0.239. The van der Waals surface area contributed by atoms with Gasteiger partial charge in [0.15, 0.2) is 5.82 Å². The molecule has 0 atom stereocenters. The summed E-state index contributed by atoms with van der Waals surface area (Å²) in [4.78, 5) is 25.2. The molecule has 9 nitrogen and oxygen atoms in total. The first kappa shape index (κ1) is 18.4. The number of non-ortho nitro benzene ring substituents is 1. The molecule has 0 N–H and O–H groups in total. The Labute approximate surface area is 161 Å². The molecule has 2 fully saturated rings. The molecule has 2 aliphatic rings. The molecule has 0 unspecified atom stereocenters. The highest BCUT2D eigenvalue weighted by Crippen LogP contribution is 2.26. The standard InChI is InChI=1S/C18H21FN6O3/c19-15-11-14(25(26)27)1-2-16(15)22-3-5-23(6-4-22)17-12-18(21-13-20-17)24-7-9-28-10-8-24/h1-2,11-13H,3-10H2. The van der Waals surface area contributed by atoms with Crippen LogP contribution in [0.2, 0.25) is 0 Å². The summed E-state index contributed by atoms with van der Waals surface area (Å²) in [6.45, 7) is 5.56. The lowest BCUT2D eigenvalue weighted by Crippen LogP contribution is -2.47. The van der Waals surface area contributed by atoms with Crippen molar-refractivity contribution in [3.8, 4) is 0 Å². The van der Waals surface area contributed by atoms with E-state index in [4.69, 9.17) is 4.74 Å². The van der Waals surface area contributed by atoms with Crippen molar-refractivity contribution in [1.82, 2.24) is 9.97 Å². The van der Waals surface area contributed by atoms with Crippen LogP contribution < -0.4 is 14.7 Å². The van der Waals surface area contributed by atoms with Gasteiger partial charge in [0.25, 0.3) is 5.69 Å². The van der Waals surface area contributed by atoms with Crippen molar-refractivity contribution < 1.29 is 14.1 Å². The molecule has 0 bridgehead atoms. The van der Waals surface area contributed by atoms with Crippen molar-refractivity contribution in [2.75, 3.05) is 67.2 Å². The normalized spacial score (nSPS) is 17.7. The summed E-state index contributed by atoms with van der Waals surface area (Å²) in [5, 5.41) is 10.8. The van der Waals surface area contributed by atoms with Crippen LogP contribution >= 0.6 is 0 Å². The summed E-state index contributed by atoms with van der Waals surface area (Å²) in [5.41, 5.74) is 0.151. The monoisotopic (exact) mass is 388 g/mol. The summed E-state index contributed by atoms with van der Waals surface area (Å²) in [6.07, 6.45) is 1.57. The van der Waals surface area contributed by atoms with Gasteiger partial charge in [0, 0.05) is 51.4 Å². The molecule has 3 heterocycles. The van der Waals surface area contributed by atoms with Crippen LogP contribution in [0.25, 0.3) is 0 Å². The predicted molar refractivity (Wildman–Crippen MR) is 103 cm³/mol. The smallest absolute Gasteiger partial charge is 0.272 e. The number of aromatic nitrogens is 2. The average Bonchev–Trinajstić information content (AvgIpc) is 2.74. The second-order valence-electron chi connectivity index (χ2n) is 6.70. The number of nitro benzene ring substituents is 1. The summed E-state index contributed by atoms with van der Waals surface area (Å²) >= 11 is 0. The molecule has 2 saturated heterocycles. The molecule has 2 aromatic rings. The highest BCUT2D eigenvalue weighted by molar-refractivity contribution is 5.55. The molecule has 2 aliphatic heterocycles. The van der Waals surface area contributed by atoms with Crippen molar-refractivity contribution in [2.45, 2.75) is 0 Å². The van der Waals surface area contributed by atoms with Crippen LogP contribution in [0.5, 0.6) is 0 Å². The van der Waals surface area contributed by atoms with Crippen LogP contribution in [0.4, 0.5) is 27.4 Å². The lowest BCUT2D eigenvalue weighted by Gasteiger charge is -2.37. The molecular weight excluding hydrogens is 367 g/mol. The van der Waals surface area contributed by atoms with Gasteiger partial charge in [0.2, 0.25) is 0 Å². The van der Waals surface area contributed by atoms with Crippen LogP contribution in [0.3, 0.4) is 0 Å². The van der Waals surface area contributed by atoms with Gasteiger partial charge in [-0.1, -0.05) is 0 Å². The Kier molecular flexibility index (Phi) is 5.20. The van der Waals surface area contributed by atoms with Gasteiger partial charge in [-0.3, -0.25) is 10.1 Å². The van der Waals surface area contributed by atoms with Gasteiger partial charge < -0.3 is 19.4 Å². The number of nitrogens with zero attached hydrogens (tertiary/aromatic N) is 6. The number of hydrogen-bond acceptors (Lipinski definition) is 8. The fraction of sp³-hybridized carbons (Fsp3) is 0.444. The maximum Gasteiger partial charge on any atom is 0.272 e. The molecule has 1 aromatic carbocycles. The van der Waals surface area contributed by atoms with Crippen molar-refractivity contribution in [3.05, 3.63) is 46.5 Å². The van der Waals surface area contributed by atoms with Crippen molar-refractivity contribution in [1.29, 1.82) is 0 Å². The molecule has 0 amide bonds. The van der Waals surface area contributed by atoms with E-state index in [1.807, 2.05) is 11.0 Å². The van der Waals surface area contributed by atoms with Gasteiger partial charge in [0.05, 0.1) is 29.9 Å². The first-order chi connectivity index (χ1) is 13.6. The third kappa shape index (κ3) is 3.81. The Morgan fingerprint density at radius 2 is 1.54 bits per heavy atom. The molecule has 28 heavy (non-hydrogen) atoms. The van der Waals surface area contributed by atoms with Crippen molar-refractivity contribution in [3.63, 3.8) is 0 Å². The first-order valence-corrected chi connectivity index (χ1v) is 9.20. The largest absolute Gasteiger partial charge is 0.378 e. The molecule has 4 rings (SSSR count). The first-order valence-electron chi connectivity index (χ1n) is 9.20. The average molecular weight is 388 g/mol. The number of rotatable bonds is 4. The number of piperazine rings is 1. The van der Waals surface area contributed by atoms with Gasteiger partial charge in [-0.25, -0.2) is 14.4 Å². The highest BCUT2D eigenvalue weighted by atomic mass is 19.1. The summed E-state index contributed by atoms with van der Waals surface area (Å²) in [7, 11) is 0. The van der Waals surface area contributed by atoms with E-state index in [0.717, 1.165) is 30.8 Å². The number of benzene rings is 1. The van der Waals surface area contributed by atoms with Gasteiger partial charge >= 0.3 is 0 Å². The number of morpholine rings is 1. The van der Waals surface area contributed by atoms with E-state index >= 15 is 0 Å². The Hall–Kier alpha value is -3.01. The van der Waals surface area contributed by atoms with E-state index in [0.29, 0.717) is 45.1 Å². The number of hydrogen-bond donors (Lipinski definition) is 0. The van der Waals surface area contributed by atoms with Crippen LogP contribution in [0, 0.1) is 15.9 Å². The Bertz CT molecular complexity index is 853. The molecule has 0 radical (unpaired) electrons. The van der Waals surface area contributed by atoms with E-state index < -0.39 is 10.7 Å². The predicted octanol–water partition coefficient (Wildman–Crippen LogP) is 1.69. The van der Waals surface area contributed by atoms with Gasteiger partial charge in [-0.05, 0) is 6.07 Å². The molecule has 148 valence electrons. The third-order valence-electron chi connectivity index (χ3n) is 5.06. The third-order valence-corrected chi connectivity index (χ3v) is 5.06. The molecule has 10 heteroatoms. The second-order valence-corrected chi connectivity index (χ2v) is 6.70. The minimum Gasteiger partial charge on any atom is -0.378 e. The van der Waals surface area contributed by atoms with Crippen molar-refractivity contribution >= 4 is 23.0 Å². The topological polar surface area (TPSA) is 87.9 Å². The van der Waals surface area contributed by atoms with Gasteiger partial charge in [-0.2, -0.15) is 0 Å². The summed E-state index contributed by atoms with van der Waals surface area (Å²) < 4.78 is 19.7. The highest BCUT2D eigenvalue weighted by Gasteiger charge is 2.23. The SMILES string of the molecule is O=[N+]([O-])c1ccc(N2CCN(c3cc(N4CCOCC4)ncn3)CC2)c(F)c1. The Balaban J connectivity index is 1.42. The molecule has 0 spiro atoms. The molecule has 1 aromatic heterocycles. The fourth-order valence-electron chi connectivity index (χ4n) is 3.52. The zero-order valence-corrected chi connectivity index (χ0v) is 15.3. The minimum atomic E-state index is -0.591. The summed E-state index contributed by atoms with van der Waals surface area (Å²) in [6, 6.07) is 5.77. The van der Waals surface area contributed by atoms with E-state index in [2.05, 4.69) is 19.8 Å². The number of ether oxygens (including phenoxy) is 1. The lowest BCUT2D eigenvalue weighted by atomic mass is 10.2. The second kappa shape index (κ2) is 7.93. The van der Waals surface area contributed by atoms with E-state index in [1.165, 1.54) is 12.1 Å². The lowest BCUT2D eigenvalue weighted by molar-refractivity contribution is -0.385. The zero-order chi connectivity index (χ0) is 19.5. The van der Waals surface area contributed by atoms with Crippen molar-refractivity contribution in [2.24, 2.45) is 0 Å². The Morgan fingerprint density at radius 1 is 0.929 bits per heavy atom. The zero-order valence-electron chi connectivity index (χ0n) is 15.3. The molecule has 0 aliphatic carbocycles. The van der Waals surface area contributed by atoms with Crippen LogP contribution in [0.1, 0.15) is 0 Å². The van der Waals surface area contributed by atoms with Gasteiger partial charge in [-0.15, -0.1) is 0 Å². The van der Waals surface area contributed by atoms with Gasteiger partial charge in [0.1, 0.15) is 18.0 Å². The quantitative estimate of drug-likeness (QED) is 0.578. The maximum absolute atomic E-state index is 14.3. The van der Waals surface area contributed by atoms with Crippen LogP contribution in [-0.2, 0) is 4.74 Å². The maximum atomic E-state index is 14.3. The number of anilines is 3. The fourth-order valence-corrected chi connectivity index (χ4v) is 3.52. The molecule has 0 saturated carbocycles. The molecular formula is C18H21FN6O3. The van der Waals surface area contributed by atoms with E-state index in [1.54, 1.807) is 6.33 Å². The van der Waals surface area contributed by atoms with Crippen LogP contribution in [0.15, 0.2) is 30.6 Å². The number of nitro groups is 1.